The molecule has 2 rings (SSSR count). The summed E-state index contributed by atoms with van der Waals surface area (Å²) in [4.78, 5) is 16.3. The molecule has 1 aromatic rings. The van der Waals surface area contributed by atoms with Crippen LogP contribution >= 0.6 is 11.6 Å². The number of carbonyl (C=O) groups is 1. The molecule has 4 nitrogen and oxygen atoms in total. The predicted octanol–water partition coefficient (Wildman–Crippen LogP) is 2.11. The van der Waals surface area contributed by atoms with Gasteiger partial charge in [0.1, 0.15) is 5.15 Å². The third-order valence-corrected chi connectivity index (χ3v) is 3.40. The van der Waals surface area contributed by atoms with E-state index in [1.807, 2.05) is 13.8 Å². The molecule has 0 aliphatic heterocycles. The van der Waals surface area contributed by atoms with Crippen LogP contribution in [0.15, 0.2) is 12.1 Å². The van der Waals surface area contributed by atoms with Crippen molar-refractivity contribution in [2.75, 3.05) is 6.61 Å². The lowest BCUT2D eigenvalue weighted by molar-refractivity contribution is 0.0906. The first-order valence-corrected chi connectivity index (χ1v) is 6.44. The maximum Gasteiger partial charge on any atom is 0.251 e. The SMILES string of the molecule is CC(C)c1cc(C(=O)NC2(CO)CC2)cc(Cl)n1. The summed E-state index contributed by atoms with van der Waals surface area (Å²) in [6.07, 6.45) is 1.65. The standard InChI is InChI=1S/C13H17ClN2O2/c1-8(2)10-5-9(6-11(14)15-10)12(18)16-13(7-17)3-4-13/h5-6,8,17H,3-4,7H2,1-2H3,(H,16,18). The van der Waals surface area contributed by atoms with E-state index in [1.54, 1.807) is 12.1 Å². The zero-order valence-electron chi connectivity index (χ0n) is 10.5. The minimum atomic E-state index is -0.412. The number of carbonyl (C=O) groups excluding carboxylic acids is 1. The van der Waals surface area contributed by atoms with Gasteiger partial charge < -0.3 is 10.4 Å². The first-order valence-electron chi connectivity index (χ1n) is 6.07. The lowest BCUT2D eigenvalue weighted by Crippen LogP contribution is -2.39. The molecular weight excluding hydrogens is 252 g/mol. The van der Waals surface area contributed by atoms with Gasteiger partial charge in [-0.1, -0.05) is 25.4 Å². The Labute approximate surface area is 111 Å². The number of hydrogen-bond acceptors (Lipinski definition) is 3. The van der Waals surface area contributed by atoms with Crippen LogP contribution in [0.2, 0.25) is 5.15 Å². The summed E-state index contributed by atoms with van der Waals surface area (Å²) in [6.45, 7) is 3.97. The fraction of sp³-hybridized carbons (Fsp3) is 0.538. The molecule has 1 heterocycles. The smallest absolute Gasteiger partial charge is 0.251 e. The molecule has 1 amide bonds. The van der Waals surface area contributed by atoms with E-state index < -0.39 is 5.54 Å². The molecule has 98 valence electrons. The number of hydrogen-bond donors (Lipinski definition) is 2. The molecule has 0 saturated heterocycles. The second kappa shape index (κ2) is 4.86. The van der Waals surface area contributed by atoms with Gasteiger partial charge in [-0.3, -0.25) is 4.79 Å². The molecule has 1 fully saturated rings. The van der Waals surface area contributed by atoms with E-state index in [2.05, 4.69) is 10.3 Å². The Balaban J connectivity index is 2.19. The highest BCUT2D eigenvalue weighted by Crippen LogP contribution is 2.34. The maximum absolute atomic E-state index is 12.1. The van der Waals surface area contributed by atoms with Gasteiger partial charge in [-0.2, -0.15) is 0 Å². The molecule has 0 spiro atoms. The van der Waals surface area contributed by atoms with Gasteiger partial charge in [0, 0.05) is 11.3 Å². The van der Waals surface area contributed by atoms with E-state index in [0.717, 1.165) is 18.5 Å². The van der Waals surface area contributed by atoms with Gasteiger partial charge in [0.15, 0.2) is 0 Å². The number of aromatic nitrogens is 1. The average molecular weight is 269 g/mol. The molecule has 0 bridgehead atoms. The zero-order valence-corrected chi connectivity index (χ0v) is 11.3. The van der Waals surface area contributed by atoms with Crippen LogP contribution in [-0.4, -0.2) is 28.1 Å². The van der Waals surface area contributed by atoms with Gasteiger partial charge in [0.2, 0.25) is 0 Å². The van der Waals surface area contributed by atoms with Crippen LogP contribution in [0.1, 0.15) is 48.7 Å². The van der Waals surface area contributed by atoms with Crippen molar-refractivity contribution < 1.29 is 9.90 Å². The lowest BCUT2D eigenvalue weighted by atomic mass is 10.1. The topological polar surface area (TPSA) is 62.2 Å². The van der Waals surface area contributed by atoms with Gasteiger partial charge >= 0.3 is 0 Å². The zero-order chi connectivity index (χ0) is 13.3. The molecule has 1 saturated carbocycles. The predicted molar refractivity (Wildman–Crippen MR) is 69.9 cm³/mol. The highest BCUT2D eigenvalue weighted by Gasteiger charge is 2.43. The highest BCUT2D eigenvalue weighted by molar-refractivity contribution is 6.29. The Morgan fingerprint density at radius 2 is 2.22 bits per heavy atom. The van der Waals surface area contributed by atoms with Crippen molar-refractivity contribution in [2.45, 2.75) is 38.1 Å². The first-order chi connectivity index (χ1) is 8.46. The van der Waals surface area contributed by atoms with Gasteiger partial charge in [0.05, 0.1) is 12.1 Å². The number of aliphatic hydroxyl groups excluding tert-OH is 1. The van der Waals surface area contributed by atoms with Crippen LogP contribution < -0.4 is 5.32 Å². The summed E-state index contributed by atoms with van der Waals surface area (Å²) in [7, 11) is 0. The summed E-state index contributed by atoms with van der Waals surface area (Å²) in [5.41, 5.74) is 0.880. The molecule has 18 heavy (non-hydrogen) atoms. The fourth-order valence-corrected chi connectivity index (χ4v) is 1.95. The van der Waals surface area contributed by atoms with Gasteiger partial charge in [-0.25, -0.2) is 4.98 Å². The van der Waals surface area contributed by atoms with Gasteiger partial charge in [-0.15, -0.1) is 0 Å². The quantitative estimate of drug-likeness (QED) is 0.822. The molecule has 0 radical (unpaired) electrons. The molecule has 0 unspecified atom stereocenters. The number of pyridine rings is 1. The summed E-state index contributed by atoms with van der Waals surface area (Å²) >= 11 is 5.92. The number of nitrogens with zero attached hydrogens (tertiary/aromatic N) is 1. The normalized spacial score (nSPS) is 16.7. The molecule has 1 aliphatic carbocycles. The first kappa shape index (κ1) is 13.3. The van der Waals surface area contributed by atoms with E-state index in [1.165, 1.54) is 0 Å². The van der Waals surface area contributed by atoms with Crippen LogP contribution in [-0.2, 0) is 0 Å². The molecule has 0 aromatic carbocycles. The molecule has 5 heteroatoms. The highest BCUT2D eigenvalue weighted by atomic mass is 35.5. The van der Waals surface area contributed by atoms with Crippen LogP contribution in [0.5, 0.6) is 0 Å². The Morgan fingerprint density at radius 1 is 1.56 bits per heavy atom. The van der Waals surface area contributed by atoms with Crippen LogP contribution in [0, 0.1) is 0 Å². The number of nitrogens with one attached hydrogen (secondary N) is 1. The van der Waals surface area contributed by atoms with Gasteiger partial charge in [-0.05, 0) is 30.9 Å². The Kier molecular flexibility index (Phi) is 3.59. The second-order valence-electron chi connectivity index (χ2n) is 5.15. The van der Waals surface area contributed by atoms with E-state index in [4.69, 9.17) is 11.6 Å². The monoisotopic (exact) mass is 268 g/mol. The summed E-state index contributed by atoms with van der Waals surface area (Å²) < 4.78 is 0. The van der Waals surface area contributed by atoms with Crippen molar-refractivity contribution in [1.29, 1.82) is 0 Å². The minimum Gasteiger partial charge on any atom is -0.394 e. The van der Waals surface area contributed by atoms with Crippen molar-refractivity contribution in [1.82, 2.24) is 10.3 Å². The number of rotatable bonds is 4. The maximum atomic E-state index is 12.1. The van der Waals surface area contributed by atoms with Crippen molar-refractivity contribution in [3.05, 3.63) is 28.5 Å². The number of aliphatic hydroxyl groups is 1. The third kappa shape index (κ3) is 2.82. The molecular formula is C13H17ClN2O2. The fourth-order valence-electron chi connectivity index (χ4n) is 1.73. The van der Waals surface area contributed by atoms with Crippen LogP contribution in [0.25, 0.3) is 0 Å². The van der Waals surface area contributed by atoms with E-state index in [-0.39, 0.29) is 18.4 Å². The van der Waals surface area contributed by atoms with Crippen molar-refractivity contribution >= 4 is 17.5 Å². The molecule has 2 N–H and O–H groups in total. The number of halogens is 1. The largest absolute Gasteiger partial charge is 0.394 e. The lowest BCUT2D eigenvalue weighted by Gasteiger charge is -2.15. The second-order valence-corrected chi connectivity index (χ2v) is 5.54. The summed E-state index contributed by atoms with van der Waals surface area (Å²) in [5, 5.41) is 12.4. The van der Waals surface area contributed by atoms with E-state index in [0.29, 0.717) is 10.7 Å². The Morgan fingerprint density at radius 3 is 2.72 bits per heavy atom. The van der Waals surface area contributed by atoms with E-state index in [9.17, 15) is 9.90 Å². The number of amides is 1. The molecule has 1 aromatic heterocycles. The van der Waals surface area contributed by atoms with Crippen molar-refractivity contribution in [2.24, 2.45) is 0 Å². The summed E-state index contributed by atoms with van der Waals surface area (Å²) in [6, 6.07) is 3.30. The third-order valence-electron chi connectivity index (χ3n) is 3.20. The van der Waals surface area contributed by atoms with E-state index >= 15 is 0 Å². The Hall–Kier alpha value is -1.13. The Bertz CT molecular complexity index is 470. The summed E-state index contributed by atoms with van der Waals surface area (Å²) in [5.74, 6) is 0.00993. The average Bonchev–Trinajstić information content (AvgIpc) is 3.08. The van der Waals surface area contributed by atoms with Crippen molar-refractivity contribution in [3.63, 3.8) is 0 Å². The van der Waals surface area contributed by atoms with Gasteiger partial charge in [0.25, 0.3) is 5.91 Å². The van der Waals surface area contributed by atoms with Crippen molar-refractivity contribution in [3.8, 4) is 0 Å². The minimum absolute atomic E-state index is 0.0193. The van der Waals surface area contributed by atoms with Crippen LogP contribution in [0.3, 0.4) is 0 Å². The molecule has 0 atom stereocenters. The molecule has 1 aliphatic rings. The van der Waals surface area contributed by atoms with Crippen LogP contribution in [0.4, 0.5) is 0 Å².